The van der Waals surface area contributed by atoms with E-state index in [4.69, 9.17) is 32.4 Å². The Balaban J connectivity index is 3.74. The van der Waals surface area contributed by atoms with Crippen LogP contribution < -0.4 is 22.9 Å². The molecule has 0 saturated carbocycles. The fourth-order valence-corrected chi connectivity index (χ4v) is 2.18. The molecule has 0 saturated heterocycles. The van der Waals surface area contributed by atoms with Gasteiger partial charge in [-0.25, -0.2) is 0 Å². The summed E-state index contributed by atoms with van der Waals surface area (Å²) in [4.78, 5) is 25.3. The standard InChI is InChI=1S/C17H37N5O4/c1-22(10-12-25-16(23)14(20)6-2-4-8-18)11-13-26-17(24)15(21)7-3-5-9-19/h14-15H,2-13,18-21H2,1H3. The van der Waals surface area contributed by atoms with E-state index in [1.54, 1.807) is 0 Å². The lowest BCUT2D eigenvalue weighted by atomic mass is 10.1. The van der Waals surface area contributed by atoms with Crippen LogP contribution in [0.15, 0.2) is 0 Å². The molecule has 0 aliphatic carbocycles. The lowest BCUT2D eigenvalue weighted by molar-refractivity contribution is -0.146. The van der Waals surface area contributed by atoms with E-state index >= 15 is 0 Å². The Morgan fingerprint density at radius 1 is 0.808 bits per heavy atom. The van der Waals surface area contributed by atoms with Gasteiger partial charge in [0, 0.05) is 13.1 Å². The first-order valence-corrected chi connectivity index (χ1v) is 9.35. The molecule has 9 heteroatoms. The number of carbonyl (C=O) groups is 2. The van der Waals surface area contributed by atoms with Gasteiger partial charge in [0.25, 0.3) is 0 Å². The molecule has 0 aliphatic rings. The molecule has 0 aromatic rings. The Hall–Kier alpha value is -1.26. The molecule has 0 aromatic heterocycles. The zero-order valence-corrected chi connectivity index (χ0v) is 16.0. The first kappa shape index (κ1) is 24.7. The molecule has 0 amide bonds. The van der Waals surface area contributed by atoms with E-state index in [1.807, 2.05) is 11.9 Å². The van der Waals surface area contributed by atoms with E-state index in [1.165, 1.54) is 0 Å². The Kier molecular flexibility index (Phi) is 15.2. The fraction of sp³-hybridized carbons (Fsp3) is 0.882. The molecule has 0 aliphatic heterocycles. The third-order valence-corrected chi connectivity index (χ3v) is 3.98. The van der Waals surface area contributed by atoms with Gasteiger partial charge in [-0.1, -0.05) is 12.8 Å². The van der Waals surface area contributed by atoms with Crippen molar-refractivity contribution in [2.24, 2.45) is 22.9 Å². The van der Waals surface area contributed by atoms with Gasteiger partial charge < -0.3 is 32.4 Å². The van der Waals surface area contributed by atoms with Crippen LogP contribution in [0.3, 0.4) is 0 Å². The maximum Gasteiger partial charge on any atom is 0.322 e. The molecule has 0 spiro atoms. The molecule has 9 nitrogen and oxygen atoms in total. The van der Waals surface area contributed by atoms with E-state index < -0.39 is 24.0 Å². The van der Waals surface area contributed by atoms with Crippen LogP contribution in [0.2, 0.25) is 0 Å². The lowest BCUT2D eigenvalue weighted by Crippen LogP contribution is -2.36. The molecule has 154 valence electrons. The largest absolute Gasteiger partial charge is 0.463 e. The number of nitrogens with two attached hydrogens (primary N) is 4. The molecular formula is C17H37N5O4. The first-order valence-electron chi connectivity index (χ1n) is 9.35. The number of hydrogen-bond acceptors (Lipinski definition) is 9. The third kappa shape index (κ3) is 13.0. The summed E-state index contributed by atoms with van der Waals surface area (Å²) in [5.74, 6) is -0.796. The van der Waals surface area contributed by atoms with E-state index in [9.17, 15) is 9.59 Å². The SMILES string of the molecule is CN(CCOC(=O)C(N)CCCCN)CCOC(=O)C(N)CCCCN. The highest BCUT2D eigenvalue weighted by molar-refractivity contribution is 5.75. The van der Waals surface area contributed by atoms with Crippen LogP contribution in [0.1, 0.15) is 38.5 Å². The fourth-order valence-electron chi connectivity index (χ4n) is 2.18. The summed E-state index contributed by atoms with van der Waals surface area (Å²) in [5.41, 5.74) is 22.3. The summed E-state index contributed by atoms with van der Waals surface area (Å²) in [5, 5.41) is 0. The van der Waals surface area contributed by atoms with Crippen LogP contribution in [0.4, 0.5) is 0 Å². The molecular weight excluding hydrogens is 338 g/mol. The normalized spacial score (nSPS) is 13.5. The number of ether oxygens (including phenoxy) is 2. The topological polar surface area (TPSA) is 160 Å². The van der Waals surface area contributed by atoms with Crippen molar-refractivity contribution < 1.29 is 19.1 Å². The Morgan fingerprint density at radius 2 is 1.19 bits per heavy atom. The minimum atomic E-state index is -0.603. The van der Waals surface area contributed by atoms with Crippen LogP contribution in [-0.4, -0.2) is 75.4 Å². The van der Waals surface area contributed by atoms with Crippen molar-refractivity contribution >= 4 is 11.9 Å². The third-order valence-electron chi connectivity index (χ3n) is 3.98. The van der Waals surface area contributed by atoms with Crippen molar-refractivity contribution in [3.63, 3.8) is 0 Å². The molecule has 2 unspecified atom stereocenters. The van der Waals surface area contributed by atoms with Crippen molar-refractivity contribution in [2.75, 3.05) is 46.4 Å². The van der Waals surface area contributed by atoms with E-state index in [-0.39, 0.29) is 13.2 Å². The van der Waals surface area contributed by atoms with Gasteiger partial charge in [-0.2, -0.15) is 0 Å². The molecule has 2 atom stereocenters. The highest BCUT2D eigenvalue weighted by atomic mass is 16.5. The molecule has 0 heterocycles. The smallest absolute Gasteiger partial charge is 0.322 e. The number of nitrogens with zero attached hydrogens (tertiary/aromatic N) is 1. The van der Waals surface area contributed by atoms with Crippen LogP contribution in [0.5, 0.6) is 0 Å². The maximum absolute atomic E-state index is 11.7. The minimum Gasteiger partial charge on any atom is -0.463 e. The highest BCUT2D eigenvalue weighted by Gasteiger charge is 2.16. The molecule has 0 radical (unpaired) electrons. The second-order valence-corrected chi connectivity index (χ2v) is 6.42. The van der Waals surface area contributed by atoms with Crippen molar-refractivity contribution in [3.05, 3.63) is 0 Å². The quantitative estimate of drug-likeness (QED) is 0.194. The van der Waals surface area contributed by atoms with Crippen LogP contribution in [0, 0.1) is 0 Å². The van der Waals surface area contributed by atoms with Gasteiger partial charge in [0.05, 0.1) is 0 Å². The number of likely N-dealkylation sites (N-methyl/N-ethyl adjacent to an activating group) is 1. The summed E-state index contributed by atoms with van der Waals surface area (Å²) >= 11 is 0. The first-order chi connectivity index (χ1) is 12.4. The molecule has 8 N–H and O–H groups in total. The predicted molar refractivity (Wildman–Crippen MR) is 101 cm³/mol. The molecule has 0 fully saturated rings. The van der Waals surface area contributed by atoms with E-state index in [0.717, 1.165) is 25.7 Å². The number of esters is 2. The van der Waals surface area contributed by atoms with Gasteiger partial charge in [-0.3, -0.25) is 14.5 Å². The summed E-state index contributed by atoms with van der Waals surface area (Å²) < 4.78 is 10.3. The molecule has 0 bridgehead atoms. The van der Waals surface area contributed by atoms with E-state index in [0.29, 0.717) is 39.0 Å². The van der Waals surface area contributed by atoms with Crippen molar-refractivity contribution in [2.45, 2.75) is 50.6 Å². The Bertz CT molecular complexity index is 350. The highest BCUT2D eigenvalue weighted by Crippen LogP contribution is 2.01. The summed E-state index contributed by atoms with van der Waals surface area (Å²) in [6.45, 7) is 2.73. The van der Waals surface area contributed by atoms with Gasteiger partial charge >= 0.3 is 11.9 Å². The average Bonchev–Trinajstić information content (AvgIpc) is 2.61. The minimum absolute atomic E-state index is 0.243. The number of rotatable bonds is 16. The summed E-state index contributed by atoms with van der Waals surface area (Å²) in [6.07, 6.45) is 4.47. The van der Waals surface area contributed by atoms with Gasteiger partial charge in [0.2, 0.25) is 0 Å². The molecule has 0 rings (SSSR count). The second-order valence-electron chi connectivity index (χ2n) is 6.42. The van der Waals surface area contributed by atoms with Crippen molar-refractivity contribution in [1.29, 1.82) is 0 Å². The monoisotopic (exact) mass is 375 g/mol. The lowest BCUT2D eigenvalue weighted by Gasteiger charge is -2.18. The maximum atomic E-state index is 11.7. The van der Waals surface area contributed by atoms with Crippen LogP contribution >= 0.6 is 0 Å². The Labute approximate surface area is 156 Å². The predicted octanol–water partition coefficient (Wildman–Crippen LogP) is -1.08. The summed E-state index contributed by atoms with van der Waals surface area (Å²) in [6, 6.07) is -1.21. The molecule has 26 heavy (non-hydrogen) atoms. The van der Waals surface area contributed by atoms with Crippen LogP contribution in [-0.2, 0) is 19.1 Å². The zero-order chi connectivity index (χ0) is 19.8. The number of hydrogen-bond donors (Lipinski definition) is 4. The van der Waals surface area contributed by atoms with Gasteiger partial charge in [0.15, 0.2) is 0 Å². The number of carbonyl (C=O) groups excluding carboxylic acids is 2. The van der Waals surface area contributed by atoms with Crippen molar-refractivity contribution in [3.8, 4) is 0 Å². The van der Waals surface area contributed by atoms with Crippen molar-refractivity contribution in [1.82, 2.24) is 4.90 Å². The van der Waals surface area contributed by atoms with Gasteiger partial charge in [0.1, 0.15) is 25.3 Å². The Morgan fingerprint density at radius 3 is 1.54 bits per heavy atom. The van der Waals surface area contributed by atoms with Gasteiger partial charge in [-0.15, -0.1) is 0 Å². The van der Waals surface area contributed by atoms with Crippen LogP contribution in [0.25, 0.3) is 0 Å². The second kappa shape index (κ2) is 16.0. The summed E-state index contributed by atoms with van der Waals surface area (Å²) in [7, 11) is 1.85. The average molecular weight is 376 g/mol. The zero-order valence-electron chi connectivity index (χ0n) is 16.0. The van der Waals surface area contributed by atoms with E-state index in [2.05, 4.69) is 0 Å². The molecule has 0 aromatic carbocycles. The number of unbranched alkanes of at least 4 members (excludes halogenated alkanes) is 2. The van der Waals surface area contributed by atoms with Gasteiger partial charge in [-0.05, 0) is 45.8 Å².